The third-order valence-electron chi connectivity index (χ3n) is 2.47. The summed E-state index contributed by atoms with van der Waals surface area (Å²) in [6, 6.07) is 0. The minimum atomic E-state index is -0.244. The standard InChI is InChI=1S/C13H22O3/c1-4-5-6-8-11(2)12(14)9-7-10-13(15)16-3/h5-6,11H,4,7-10H2,1-3H3/b6-5-. The van der Waals surface area contributed by atoms with Crippen molar-refractivity contribution in [3.63, 3.8) is 0 Å². The highest BCUT2D eigenvalue weighted by Gasteiger charge is 2.11. The van der Waals surface area contributed by atoms with E-state index in [1.807, 2.05) is 13.0 Å². The van der Waals surface area contributed by atoms with Gasteiger partial charge in [0.25, 0.3) is 0 Å². The normalized spacial score (nSPS) is 12.7. The number of ether oxygens (including phenoxy) is 1. The molecule has 3 heteroatoms. The zero-order valence-electron chi connectivity index (χ0n) is 10.5. The number of Topliss-reactive ketones (excluding diaryl/α,β-unsaturated/α-hetero) is 1. The average Bonchev–Trinajstić information content (AvgIpc) is 2.28. The van der Waals surface area contributed by atoms with Gasteiger partial charge >= 0.3 is 5.97 Å². The largest absolute Gasteiger partial charge is 0.469 e. The first kappa shape index (κ1) is 14.9. The van der Waals surface area contributed by atoms with E-state index in [4.69, 9.17) is 0 Å². The zero-order valence-corrected chi connectivity index (χ0v) is 10.5. The minimum Gasteiger partial charge on any atom is -0.469 e. The number of rotatable bonds is 8. The van der Waals surface area contributed by atoms with Gasteiger partial charge in [-0.05, 0) is 19.3 Å². The molecule has 0 spiro atoms. The molecule has 0 bridgehead atoms. The Hall–Kier alpha value is -1.12. The Balaban J connectivity index is 3.71. The molecule has 0 radical (unpaired) electrons. The molecule has 0 saturated carbocycles. The van der Waals surface area contributed by atoms with Crippen LogP contribution in [0.1, 0.15) is 46.0 Å². The van der Waals surface area contributed by atoms with Gasteiger partial charge in [0, 0.05) is 18.8 Å². The van der Waals surface area contributed by atoms with Crippen molar-refractivity contribution in [3.05, 3.63) is 12.2 Å². The van der Waals surface area contributed by atoms with E-state index in [9.17, 15) is 9.59 Å². The van der Waals surface area contributed by atoms with E-state index in [0.717, 1.165) is 12.8 Å². The molecule has 0 aliphatic rings. The summed E-state index contributed by atoms with van der Waals surface area (Å²) in [5, 5.41) is 0. The van der Waals surface area contributed by atoms with Crippen molar-refractivity contribution >= 4 is 11.8 Å². The lowest BCUT2D eigenvalue weighted by Gasteiger charge is -2.07. The second-order valence-corrected chi connectivity index (χ2v) is 3.91. The number of hydrogen-bond donors (Lipinski definition) is 0. The lowest BCUT2D eigenvalue weighted by molar-refractivity contribution is -0.140. The van der Waals surface area contributed by atoms with Crippen LogP contribution < -0.4 is 0 Å². The first-order valence-corrected chi connectivity index (χ1v) is 5.86. The third kappa shape index (κ3) is 7.21. The van der Waals surface area contributed by atoms with Crippen LogP contribution in [0.5, 0.6) is 0 Å². The first-order valence-electron chi connectivity index (χ1n) is 5.86. The van der Waals surface area contributed by atoms with Crippen LogP contribution in [0, 0.1) is 5.92 Å². The second kappa shape index (κ2) is 9.13. The van der Waals surface area contributed by atoms with Crippen molar-refractivity contribution in [3.8, 4) is 0 Å². The highest BCUT2D eigenvalue weighted by atomic mass is 16.5. The van der Waals surface area contributed by atoms with Gasteiger partial charge in [0.15, 0.2) is 0 Å². The molecule has 0 heterocycles. The average molecular weight is 226 g/mol. The van der Waals surface area contributed by atoms with E-state index in [2.05, 4.69) is 17.7 Å². The Morgan fingerprint density at radius 1 is 1.25 bits per heavy atom. The lowest BCUT2D eigenvalue weighted by atomic mass is 9.98. The Morgan fingerprint density at radius 2 is 1.94 bits per heavy atom. The maximum Gasteiger partial charge on any atom is 0.305 e. The molecule has 0 N–H and O–H groups in total. The van der Waals surface area contributed by atoms with Crippen LogP contribution in [0.15, 0.2) is 12.2 Å². The Labute approximate surface area is 97.9 Å². The number of allylic oxidation sites excluding steroid dienone is 2. The van der Waals surface area contributed by atoms with Crippen LogP contribution in [0.2, 0.25) is 0 Å². The van der Waals surface area contributed by atoms with Crippen LogP contribution in [0.4, 0.5) is 0 Å². The summed E-state index contributed by atoms with van der Waals surface area (Å²) in [6.45, 7) is 4.00. The Kier molecular flexibility index (Phi) is 8.49. The van der Waals surface area contributed by atoms with Crippen molar-refractivity contribution < 1.29 is 14.3 Å². The predicted octanol–water partition coefficient (Wildman–Crippen LogP) is 2.89. The summed E-state index contributed by atoms with van der Waals surface area (Å²) in [5.74, 6) is 0.0384. The second-order valence-electron chi connectivity index (χ2n) is 3.91. The number of hydrogen-bond acceptors (Lipinski definition) is 3. The number of ketones is 1. The van der Waals surface area contributed by atoms with E-state index in [0.29, 0.717) is 19.3 Å². The summed E-state index contributed by atoms with van der Waals surface area (Å²) in [7, 11) is 1.36. The summed E-state index contributed by atoms with van der Waals surface area (Å²) in [6.07, 6.45) is 7.30. The maximum atomic E-state index is 11.6. The van der Waals surface area contributed by atoms with E-state index < -0.39 is 0 Å². The summed E-state index contributed by atoms with van der Waals surface area (Å²) >= 11 is 0. The fourth-order valence-electron chi connectivity index (χ4n) is 1.35. The van der Waals surface area contributed by atoms with E-state index >= 15 is 0 Å². The molecule has 0 aromatic heterocycles. The number of carbonyl (C=O) groups excluding carboxylic acids is 2. The fraction of sp³-hybridized carbons (Fsp3) is 0.692. The van der Waals surface area contributed by atoms with Gasteiger partial charge in [-0.15, -0.1) is 0 Å². The summed E-state index contributed by atoms with van der Waals surface area (Å²) in [4.78, 5) is 22.5. The molecule has 0 aliphatic heterocycles. The topological polar surface area (TPSA) is 43.4 Å². The third-order valence-corrected chi connectivity index (χ3v) is 2.47. The molecule has 92 valence electrons. The Morgan fingerprint density at radius 3 is 2.50 bits per heavy atom. The Bertz CT molecular complexity index is 244. The number of esters is 1. The van der Waals surface area contributed by atoms with Gasteiger partial charge in [0.2, 0.25) is 0 Å². The molecule has 0 aromatic rings. The molecule has 3 nitrogen and oxygen atoms in total. The number of carbonyl (C=O) groups is 2. The fourth-order valence-corrected chi connectivity index (χ4v) is 1.35. The van der Waals surface area contributed by atoms with Gasteiger partial charge in [-0.2, -0.15) is 0 Å². The van der Waals surface area contributed by atoms with E-state index in [1.54, 1.807) is 0 Å². The van der Waals surface area contributed by atoms with Gasteiger partial charge in [0.1, 0.15) is 5.78 Å². The van der Waals surface area contributed by atoms with Crippen LogP contribution >= 0.6 is 0 Å². The van der Waals surface area contributed by atoms with Crippen molar-refractivity contribution in [2.24, 2.45) is 5.92 Å². The number of methoxy groups -OCH3 is 1. The molecule has 1 unspecified atom stereocenters. The molecule has 16 heavy (non-hydrogen) atoms. The van der Waals surface area contributed by atoms with E-state index in [1.165, 1.54) is 7.11 Å². The highest BCUT2D eigenvalue weighted by Crippen LogP contribution is 2.10. The van der Waals surface area contributed by atoms with Crippen LogP contribution in [-0.2, 0) is 14.3 Å². The quantitative estimate of drug-likeness (QED) is 0.472. The summed E-state index contributed by atoms with van der Waals surface area (Å²) in [5.41, 5.74) is 0. The molecule has 0 amide bonds. The van der Waals surface area contributed by atoms with Crippen molar-refractivity contribution in [2.45, 2.75) is 46.0 Å². The van der Waals surface area contributed by atoms with Gasteiger partial charge in [-0.25, -0.2) is 0 Å². The van der Waals surface area contributed by atoms with Crippen LogP contribution in [0.25, 0.3) is 0 Å². The molecule has 0 fully saturated rings. The zero-order chi connectivity index (χ0) is 12.4. The van der Waals surface area contributed by atoms with Crippen molar-refractivity contribution in [2.75, 3.05) is 7.11 Å². The van der Waals surface area contributed by atoms with E-state index in [-0.39, 0.29) is 17.7 Å². The van der Waals surface area contributed by atoms with Crippen LogP contribution in [0.3, 0.4) is 0 Å². The minimum absolute atomic E-state index is 0.0560. The summed E-state index contributed by atoms with van der Waals surface area (Å²) < 4.78 is 4.51. The first-order chi connectivity index (χ1) is 7.61. The predicted molar refractivity (Wildman–Crippen MR) is 64.1 cm³/mol. The smallest absolute Gasteiger partial charge is 0.305 e. The molecule has 0 aliphatic carbocycles. The molecule has 1 atom stereocenters. The van der Waals surface area contributed by atoms with Gasteiger partial charge in [-0.3, -0.25) is 9.59 Å². The maximum absolute atomic E-state index is 11.6. The van der Waals surface area contributed by atoms with Gasteiger partial charge in [-0.1, -0.05) is 26.0 Å². The molecule has 0 saturated heterocycles. The molecule has 0 aromatic carbocycles. The monoisotopic (exact) mass is 226 g/mol. The molecule has 0 rings (SSSR count). The highest BCUT2D eigenvalue weighted by molar-refractivity contribution is 5.81. The molecular formula is C13H22O3. The SMILES string of the molecule is CC/C=C\CC(C)C(=O)CCCC(=O)OC. The van der Waals surface area contributed by atoms with Crippen molar-refractivity contribution in [1.82, 2.24) is 0 Å². The van der Waals surface area contributed by atoms with Crippen LogP contribution in [-0.4, -0.2) is 18.9 Å². The van der Waals surface area contributed by atoms with Gasteiger partial charge in [0.05, 0.1) is 7.11 Å². The lowest BCUT2D eigenvalue weighted by Crippen LogP contribution is -2.11. The van der Waals surface area contributed by atoms with Gasteiger partial charge < -0.3 is 4.74 Å². The van der Waals surface area contributed by atoms with Crippen molar-refractivity contribution in [1.29, 1.82) is 0 Å². The molecular weight excluding hydrogens is 204 g/mol.